The Morgan fingerprint density at radius 1 is 0.940 bits per heavy atom. The summed E-state index contributed by atoms with van der Waals surface area (Å²) in [4.78, 5) is 25.8. The van der Waals surface area contributed by atoms with Gasteiger partial charge in [-0.2, -0.15) is 17.5 Å². The van der Waals surface area contributed by atoms with Gasteiger partial charge in [-0.25, -0.2) is 17.6 Å². The second-order valence-electron chi connectivity index (χ2n) is 11.7. The highest BCUT2D eigenvalue weighted by molar-refractivity contribution is 7.89. The maximum Gasteiger partial charge on any atom is 0.407 e. The highest BCUT2D eigenvalue weighted by Gasteiger charge is 2.46. The molecule has 0 aliphatic carbocycles. The zero-order valence-electron chi connectivity index (χ0n) is 27.3. The molecule has 0 aliphatic rings. The number of nitrogens with one attached hydrogen (secondary N) is 1. The Hall–Kier alpha value is -4.31. The number of methoxy groups -OCH3 is 1. The van der Waals surface area contributed by atoms with E-state index in [0.29, 0.717) is 22.5 Å². The first kappa shape index (κ1) is 38.5. The largest absolute Gasteiger partial charge is 0.453 e. The predicted molar refractivity (Wildman–Crippen MR) is 182 cm³/mol. The molecule has 0 bridgehead atoms. The van der Waals surface area contributed by atoms with Crippen LogP contribution in [0.3, 0.4) is 0 Å². The molecule has 268 valence electrons. The fourth-order valence-electron chi connectivity index (χ4n) is 5.77. The van der Waals surface area contributed by atoms with Gasteiger partial charge in [-0.15, -0.1) is 11.3 Å². The molecule has 1 heterocycles. The first-order valence-corrected chi connectivity index (χ1v) is 17.7. The summed E-state index contributed by atoms with van der Waals surface area (Å²) in [5.41, 5.74) is 6.36. The zero-order valence-corrected chi connectivity index (χ0v) is 28.9. The van der Waals surface area contributed by atoms with Gasteiger partial charge in [0.25, 0.3) is 0 Å². The zero-order chi connectivity index (χ0) is 36.8. The number of sulfonamides is 1. The quantitative estimate of drug-likeness (QED) is 0.0961. The number of aliphatic hydroxyl groups is 1. The molecule has 50 heavy (non-hydrogen) atoms. The van der Waals surface area contributed by atoms with Crippen molar-refractivity contribution in [3.63, 3.8) is 0 Å². The van der Waals surface area contributed by atoms with Crippen molar-refractivity contribution < 1.29 is 45.4 Å². The van der Waals surface area contributed by atoms with Crippen LogP contribution in [0.25, 0.3) is 0 Å². The highest BCUT2D eigenvalue weighted by atomic mass is 32.2. The Balaban J connectivity index is 1.73. The molecule has 4 N–H and O–H groups in total. The van der Waals surface area contributed by atoms with Gasteiger partial charge >= 0.3 is 12.3 Å². The molecule has 3 atom stereocenters. The summed E-state index contributed by atoms with van der Waals surface area (Å²) in [5, 5.41) is 12.9. The number of rotatable bonds is 14. The summed E-state index contributed by atoms with van der Waals surface area (Å²) >= 11 is 0.592. The SMILES string of the molecule is COC(=O)N[C@H](C(=O)C[C@H](c1ccc([C@@H](CO)N(C(C)C)S(=O)(=O)c2ccc(N)c(F)c2)s1)C(F)(F)F)C(c1ccccc1)c1ccccc1. The number of hydrogen-bond donors (Lipinski definition) is 3. The van der Waals surface area contributed by atoms with E-state index in [4.69, 9.17) is 10.5 Å². The van der Waals surface area contributed by atoms with Crippen molar-refractivity contribution in [1.82, 2.24) is 9.62 Å². The number of ketones is 1. The Morgan fingerprint density at radius 2 is 1.50 bits per heavy atom. The standard InChI is InChI=1S/C35H37F4N3O6S2/c1-21(2)42(50(46,47)24-14-15-27(40)26(36)18-24)28(20-43)31-17-16-30(49-31)25(35(37,38)39)19-29(44)33(41-34(45)48-3)32(22-10-6-4-7-11-22)23-12-8-5-9-13-23/h4-18,21,25,28,32-33,43H,19-20,40H2,1-3H3,(H,41,45)/t25-,28-,33-/m1/s1. The number of benzene rings is 3. The van der Waals surface area contributed by atoms with Gasteiger partial charge in [0.15, 0.2) is 5.78 Å². The van der Waals surface area contributed by atoms with Crippen LogP contribution >= 0.6 is 11.3 Å². The van der Waals surface area contributed by atoms with Crippen molar-refractivity contribution in [1.29, 1.82) is 0 Å². The minimum atomic E-state index is -4.94. The molecule has 4 rings (SSSR count). The topological polar surface area (TPSA) is 139 Å². The molecular weight excluding hydrogens is 699 g/mol. The number of alkyl halides is 3. The molecule has 15 heteroatoms. The lowest BCUT2D eigenvalue weighted by Gasteiger charge is -2.32. The smallest absolute Gasteiger partial charge is 0.407 e. The van der Waals surface area contributed by atoms with E-state index in [2.05, 4.69) is 5.32 Å². The van der Waals surface area contributed by atoms with Crippen molar-refractivity contribution in [2.75, 3.05) is 19.5 Å². The van der Waals surface area contributed by atoms with Crippen molar-refractivity contribution in [2.45, 2.75) is 61.3 Å². The van der Waals surface area contributed by atoms with Gasteiger partial charge in [0.05, 0.1) is 36.3 Å². The van der Waals surface area contributed by atoms with Crippen LogP contribution in [0.5, 0.6) is 0 Å². The van der Waals surface area contributed by atoms with E-state index < -0.39 is 81.8 Å². The third-order valence-corrected chi connectivity index (χ3v) is 11.5. The van der Waals surface area contributed by atoms with Crippen molar-refractivity contribution in [3.8, 4) is 0 Å². The number of hydrogen-bond acceptors (Lipinski definition) is 8. The fraction of sp³-hybridized carbons (Fsp3) is 0.314. The van der Waals surface area contributed by atoms with E-state index in [9.17, 15) is 40.7 Å². The van der Waals surface area contributed by atoms with Gasteiger partial charge in [0, 0.05) is 28.1 Å². The number of carbonyl (C=O) groups is 2. The maximum atomic E-state index is 14.8. The Kier molecular flexibility index (Phi) is 12.4. The van der Waals surface area contributed by atoms with Crippen LogP contribution in [0.1, 0.15) is 59.0 Å². The number of nitrogen functional groups attached to an aromatic ring is 1. The average Bonchev–Trinajstić information content (AvgIpc) is 3.56. The maximum absolute atomic E-state index is 14.8. The normalized spacial score (nSPS) is 14.1. The monoisotopic (exact) mass is 735 g/mol. The van der Waals surface area contributed by atoms with E-state index in [1.165, 1.54) is 19.9 Å². The number of nitrogens with two attached hydrogens (primary N) is 1. The number of aliphatic hydroxyl groups excluding tert-OH is 1. The lowest BCUT2D eigenvalue weighted by molar-refractivity contribution is -0.156. The molecule has 0 saturated heterocycles. The average molecular weight is 736 g/mol. The third kappa shape index (κ3) is 8.70. The van der Waals surface area contributed by atoms with E-state index in [1.807, 2.05) is 0 Å². The van der Waals surface area contributed by atoms with Crippen molar-refractivity contribution in [3.05, 3.63) is 118 Å². The number of thiophene rings is 1. The number of anilines is 1. The second-order valence-corrected chi connectivity index (χ2v) is 14.7. The molecular formula is C35H37F4N3O6S2. The van der Waals surface area contributed by atoms with E-state index in [-0.39, 0.29) is 15.4 Å². The first-order valence-electron chi connectivity index (χ1n) is 15.4. The molecule has 0 aliphatic heterocycles. The Morgan fingerprint density at radius 3 is 1.98 bits per heavy atom. The Labute approximate surface area is 291 Å². The summed E-state index contributed by atoms with van der Waals surface area (Å²) in [6.45, 7) is 2.19. The molecule has 0 saturated carbocycles. The van der Waals surface area contributed by atoms with Gasteiger partial charge in [0.1, 0.15) is 11.9 Å². The van der Waals surface area contributed by atoms with Gasteiger partial charge in [0.2, 0.25) is 10.0 Å². The van der Waals surface area contributed by atoms with Crippen LogP contribution in [0.15, 0.2) is 95.9 Å². The lowest BCUT2D eigenvalue weighted by atomic mass is 9.81. The highest BCUT2D eigenvalue weighted by Crippen LogP contribution is 2.44. The number of Topliss-reactive ketones (excluding diaryl/α,β-unsaturated/α-hetero) is 1. The van der Waals surface area contributed by atoms with Crippen LogP contribution in [-0.2, 0) is 19.6 Å². The van der Waals surface area contributed by atoms with Crippen LogP contribution in [0, 0.1) is 5.82 Å². The molecule has 1 aromatic heterocycles. The van der Waals surface area contributed by atoms with E-state index in [0.717, 1.165) is 35.7 Å². The number of carbonyl (C=O) groups excluding carboxylic acids is 2. The molecule has 3 aromatic carbocycles. The number of ether oxygens (including phenoxy) is 1. The van der Waals surface area contributed by atoms with Crippen LogP contribution in [0.2, 0.25) is 0 Å². The molecule has 0 spiro atoms. The number of nitrogens with zero attached hydrogens (tertiary/aromatic N) is 1. The first-order chi connectivity index (χ1) is 23.6. The summed E-state index contributed by atoms with van der Waals surface area (Å²) in [6, 6.07) is 18.8. The van der Waals surface area contributed by atoms with Crippen LogP contribution < -0.4 is 11.1 Å². The summed E-state index contributed by atoms with van der Waals surface area (Å²) in [6.07, 6.45) is -7.03. The van der Waals surface area contributed by atoms with Crippen LogP contribution in [0.4, 0.5) is 28.0 Å². The predicted octanol–water partition coefficient (Wildman–Crippen LogP) is 6.76. The van der Waals surface area contributed by atoms with Gasteiger partial charge in [-0.05, 0) is 55.3 Å². The van der Waals surface area contributed by atoms with Crippen molar-refractivity contribution in [2.24, 2.45) is 0 Å². The van der Waals surface area contributed by atoms with E-state index in [1.54, 1.807) is 60.7 Å². The third-order valence-electron chi connectivity index (χ3n) is 8.11. The number of alkyl carbamates (subject to hydrolysis) is 1. The second kappa shape index (κ2) is 16.1. The molecule has 4 aromatic rings. The fourth-order valence-corrected chi connectivity index (χ4v) is 8.87. The van der Waals surface area contributed by atoms with E-state index >= 15 is 0 Å². The molecule has 0 unspecified atom stereocenters. The summed E-state index contributed by atoms with van der Waals surface area (Å²) in [5.74, 6) is -5.13. The number of halogens is 4. The van der Waals surface area contributed by atoms with Crippen LogP contribution in [-0.4, -0.2) is 61.7 Å². The van der Waals surface area contributed by atoms with Crippen molar-refractivity contribution >= 4 is 38.9 Å². The van der Waals surface area contributed by atoms with Gasteiger partial charge in [-0.3, -0.25) is 4.79 Å². The lowest BCUT2D eigenvalue weighted by Crippen LogP contribution is -2.46. The van der Waals surface area contributed by atoms with Gasteiger partial charge < -0.3 is 20.9 Å². The minimum Gasteiger partial charge on any atom is -0.453 e. The summed E-state index contributed by atoms with van der Waals surface area (Å²) < 4.78 is 91.7. The van der Waals surface area contributed by atoms with Gasteiger partial charge in [-0.1, -0.05) is 60.7 Å². The number of amides is 1. The Bertz CT molecular complexity index is 1830. The summed E-state index contributed by atoms with van der Waals surface area (Å²) in [7, 11) is -3.42. The molecule has 9 nitrogen and oxygen atoms in total. The molecule has 0 radical (unpaired) electrons. The molecule has 0 fully saturated rings. The molecule has 1 amide bonds. The minimum absolute atomic E-state index is 0.0630.